The van der Waals surface area contributed by atoms with E-state index >= 15 is 0 Å². The molecule has 0 saturated carbocycles. The highest BCUT2D eigenvalue weighted by Crippen LogP contribution is 2.21. The van der Waals surface area contributed by atoms with E-state index in [2.05, 4.69) is 43.3 Å². The molecule has 0 radical (unpaired) electrons. The van der Waals surface area contributed by atoms with Gasteiger partial charge in [-0.2, -0.15) is 0 Å². The summed E-state index contributed by atoms with van der Waals surface area (Å²) in [6, 6.07) is 2.14. The highest BCUT2D eigenvalue weighted by atomic mass is 14.9. The molecule has 0 aliphatic rings. The molecule has 4 N–H and O–H groups in total. The van der Waals surface area contributed by atoms with E-state index in [1.807, 2.05) is 6.20 Å². The first kappa shape index (κ1) is 13.3. The highest BCUT2D eigenvalue weighted by Gasteiger charge is 2.20. The molecule has 0 amide bonds. The Labute approximate surface area is 98.8 Å². The number of rotatable bonds is 7. The molecule has 1 heterocycles. The van der Waals surface area contributed by atoms with Crippen molar-refractivity contribution in [2.45, 2.75) is 32.6 Å². The van der Waals surface area contributed by atoms with E-state index in [9.17, 15) is 0 Å². The van der Waals surface area contributed by atoms with Crippen LogP contribution in [0.25, 0.3) is 0 Å². The van der Waals surface area contributed by atoms with Crippen LogP contribution in [0.5, 0.6) is 0 Å². The van der Waals surface area contributed by atoms with Crippen LogP contribution in [0.1, 0.15) is 32.8 Å². The zero-order chi connectivity index (χ0) is 12.0. The number of hydrogen-bond acceptors (Lipinski definition) is 2. The lowest BCUT2D eigenvalue weighted by atomic mass is 9.86. The van der Waals surface area contributed by atoms with Crippen molar-refractivity contribution >= 4 is 0 Å². The molecule has 0 spiro atoms. The van der Waals surface area contributed by atoms with Crippen LogP contribution in [0.3, 0.4) is 0 Å². The summed E-state index contributed by atoms with van der Waals surface area (Å²) in [6.45, 7) is 9.48. The second-order valence-corrected chi connectivity index (χ2v) is 5.12. The first-order valence-corrected chi connectivity index (χ1v) is 6.14. The van der Waals surface area contributed by atoms with Gasteiger partial charge in [-0.25, -0.2) is 0 Å². The highest BCUT2D eigenvalue weighted by molar-refractivity contribution is 5.20. The molecule has 0 aliphatic heterocycles. The summed E-state index contributed by atoms with van der Waals surface area (Å²) in [6.07, 6.45) is 5.20. The van der Waals surface area contributed by atoms with Gasteiger partial charge in [0.05, 0.1) is 0 Å². The van der Waals surface area contributed by atoms with Crippen LogP contribution >= 0.6 is 0 Å². The molecule has 1 rings (SSSR count). The van der Waals surface area contributed by atoms with Gasteiger partial charge >= 0.3 is 0 Å². The van der Waals surface area contributed by atoms with Crippen molar-refractivity contribution in [2.24, 2.45) is 11.7 Å². The lowest BCUT2D eigenvalue weighted by Gasteiger charge is -2.25. The van der Waals surface area contributed by atoms with Crippen LogP contribution in [-0.2, 0) is 5.41 Å². The molecule has 0 saturated heterocycles. The Balaban J connectivity index is 2.37. The molecule has 1 unspecified atom stereocenters. The number of nitrogens with one attached hydrogen (secondary N) is 2. The van der Waals surface area contributed by atoms with Crippen molar-refractivity contribution in [3.63, 3.8) is 0 Å². The zero-order valence-electron chi connectivity index (χ0n) is 10.7. The van der Waals surface area contributed by atoms with Crippen LogP contribution in [0.15, 0.2) is 18.5 Å². The quantitative estimate of drug-likeness (QED) is 0.661. The van der Waals surface area contributed by atoms with Crippen LogP contribution in [0.4, 0.5) is 0 Å². The fourth-order valence-electron chi connectivity index (χ4n) is 1.83. The minimum atomic E-state index is 0.174. The third-order valence-corrected chi connectivity index (χ3v) is 3.29. The Bertz CT molecular complexity index is 273. The van der Waals surface area contributed by atoms with Crippen molar-refractivity contribution < 1.29 is 0 Å². The third kappa shape index (κ3) is 3.65. The van der Waals surface area contributed by atoms with Crippen molar-refractivity contribution in [1.29, 1.82) is 0 Å². The Morgan fingerprint density at radius 1 is 1.50 bits per heavy atom. The van der Waals surface area contributed by atoms with E-state index in [0.717, 1.165) is 26.1 Å². The van der Waals surface area contributed by atoms with E-state index in [0.29, 0.717) is 5.92 Å². The zero-order valence-corrected chi connectivity index (χ0v) is 10.7. The first-order chi connectivity index (χ1) is 7.60. The normalized spacial score (nSPS) is 14.0. The second kappa shape index (κ2) is 6.06. The Hall–Kier alpha value is -0.800. The minimum absolute atomic E-state index is 0.174. The summed E-state index contributed by atoms with van der Waals surface area (Å²) in [7, 11) is 0. The molecule has 1 atom stereocenters. The molecule has 3 heteroatoms. The van der Waals surface area contributed by atoms with Crippen molar-refractivity contribution in [3.05, 3.63) is 24.0 Å². The molecule has 1 aromatic heterocycles. The number of nitrogens with two attached hydrogens (primary N) is 1. The van der Waals surface area contributed by atoms with E-state index in [-0.39, 0.29) is 5.41 Å². The summed E-state index contributed by atoms with van der Waals surface area (Å²) < 4.78 is 0. The molecule has 0 fully saturated rings. The van der Waals surface area contributed by atoms with Gasteiger partial charge in [0.25, 0.3) is 0 Å². The standard InChI is InChI=1S/C13H25N3/c1-4-11(7-14)8-16-10-13(2,3)12-5-6-15-9-12/h5-6,9,11,15-16H,4,7-8,10,14H2,1-3H3. The Morgan fingerprint density at radius 3 is 2.75 bits per heavy atom. The van der Waals surface area contributed by atoms with Gasteiger partial charge in [0, 0.05) is 24.4 Å². The van der Waals surface area contributed by atoms with Crippen LogP contribution in [-0.4, -0.2) is 24.6 Å². The first-order valence-electron chi connectivity index (χ1n) is 6.14. The Kier molecular flexibility index (Phi) is 5.03. The maximum atomic E-state index is 5.68. The fraction of sp³-hybridized carbons (Fsp3) is 0.692. The molecule has 0 bridgehead atoms. The summed E-state index contributed by atoms with van der Waals surface area (Å²) >= 11 is 0. The van der Waals surface area contributed by atoms with E-state index in [1.54, 1.807) is 0 Å². The van der Waals surface area contributed by atoms with Gasteiger partial charge in [0.2, 0.25) is 0 Å². The summed E-state index contributed by atoms with van der Waals surface area (Å²) in [5, 5.41) is 3.52. The molecule has 92 valence electrons. The molecule has 3 nitrogen and oxygen atoms in total. The fourth-order valence-corrected chi connectivity index (χ4v) is 1.83. The summed E-state index contributed by atoms with van der Waals surface area (Å²) in [5.74, 6) is 0.599. The lowest BCUT2D eigenvalue weighted by molar-refractivity contribution is 0.415. The average Bonchev–Trinajstić information content (AvgIpc) is 2.78. The second-order valence-electron chi connectivity index (χ2n) is 5.12. The van der Waals surface area contributed by atoms with Crippen molar-refractivity contribution in [2.75, 3.05) is 19.6 Å². The molecule has 16 heavy (non-hydrogen) atoms. The van der Waals surface area contributed by atoms with Gasteiger partial charge in [0.1, 0.15) is 0 Å². The van der Waals surface area contributed by atoms with Gasteiger partial charge in [-0.3, -0.25) is 0 Å². The number of H-pyrrole nitrogens is 1. The number of aromatic amines is 1. The van der Waals surface area contributed by atoms with Crippen molar-refractivity contribution in [1.82, 2.24) is 10.3 Å². The molecular weight excluding hydrogens is 198 g/mol. The summed E-state index contributed by atoms with van der Waals surface area (Å²) in [5.41, 5.74) is 7.20. The predicted molar refractivity (Wildman–Crippen MR) is 69.5 cm³/mol. The van der Waals surface area contributed by atoms with Crippen LogP contribution in [0, 0.1) is 5.92 Å². The largest absolute Gasteiger partial charge is 0.367 e. The van der Waals surface area contributed by atoms with Crippen LogP contribution < -0.4 is 11.1 Å². The maximum absolute atomic E-state index is 5.68. The third-order valence-electron chi connectivity index (χ3n) is 3.29. The molecular formula is C13H25N3. The van der Waals surface area contributed by atoms with Gasteiger partial charge in [-0.1, -0.05) is 27.2 Å². The lowest BCUT2D eigenvalue weighted by Crippen LogP contribution is -2.36. The van der Waals surface area contributed by atoms with Gasteiger partial charge < -0.3 is 16.0 Å². The summed E-state index contributed by atoms with van der Waals surface area (Å²) in [4.78, 5) is 3.11. The maximum Gasteiger partial charge on any atom is 0.00438 e. The predicted octanol–water partition coefficient (Wildman–Crippen LogP) is 1.87. The molecule has 0 aromatic carbocycles. The average molecular weight is 223 g/mol. The minimum Gasteiger partial charge on any atom is -0.367 e. The van der Waals surface area contributed by atoms with Gasteiger partial charge in [-0.05, 0) is 30.6 Å². The van der Waals surface area contributed by atoms with E-state index in [1.165, 1.54) is 5.56 Å². The van der Waals surface area contributed by atoms with Gasteiger partial charge in [-0.15, -0.1) is 0 Å². The van der Waals surface area contributed by atoms with Gasteiger partial charge in [0.15, 0.2) is 0 Å². The number of hydrogen-bond donors (Lipinski definition) is 3. The van der Waals surface area contributed by atoms with Crippen molar-refractivity contribution in [3.8, 4) is 0 Å². The Morgan fingerprint density at radius 2 is 2.25 bits per heavy atom. The monoisotopic (exact) mass is 223 g/mol. The van der Waals surface area contributed by atoms with E-state index < -0.39 is 0 Å². The SMILES string of the molecule is CCC(CN)CNCC(C)(C)c1cc[nH]c1. The number of aromatic nitrogens is 1. The topological polar surface area (TPSA) is 53.8 Å². The smallest absolute Gasteiger partial charge is 0.00438 e. The van der Waals surface area contributed by atoms with E-state index in [4.69, 9.17) is 5.73 Å². The molecule has 0 aliphatic carbocycles. The van der Waals surface area contributed by atoms with Crippen LogP contribution in [0.2, 0.25) is 0 Å². The molecule has 1 aromatic rings.